The van der Waals surface area contributed by atoms with E-state index < -0.39 is 17.8 Å². The van der Waals surface area contributed by atoms with Crippen LogP contribution in [-0.4, -0.2) is 17.8 Å². The average Bonchev–Trinajstić information content (AvgIpc) is 2.79. The smallest absolute Gasteiger partial charge is 0.335 e. The molecule has 1 aliphatic heterocycles. The van der Waals surface area contributed by atoms with Crippen molar-refractivity contribution in [2.45, 2.75) is 13.5 Å². The Labute approximate surface area is 203 Å². The van der Waals surface area contributed by atoms with E-state index in [1.165, 1.54) is 12.1 Å². The number of hydrogen-bond acceptors (Lipinski definition) is 4. The Hall–Kier alpha value is -3.42. The molecule has 1 fully saturated rings. The second-order valence-electron chi connectivity index (χ2n) is 7.31. The number of aryl methyl sites for hydroxylation is 1. The van der Waals surface area contributed by atoms with E-state index in [1.54, 1.807) is 36.4 Å². The minimum Gasteiger partial charge on any atom is -0.488 e. The summed E-state index contributed by atoms with van der Waals surface area (Å²) in [5, 5.41) is 2.62. The zero-order valence-corrected chi connectivity index (χ0v) is 19.8. The van der Waals surface area contributed by atoms with Crippen LogP contribution in [0.25, 0.3) is 6.08 Å². The van der Waals surface area contributed by atoms with Crippen molar-refractivity contribution in [1.82, 2.24) is 5.32 Å². The number of imide groups is 2. The van der Waals surface area contributed by atoms with E-state index in [0.717, 1.165) is 20.5 Å². The number of carbonyl (C=O) groups excluding carboxylic acids is 3. The average molecular weight is 526 g/mol. The van der Waals surface area contributed by atoms with Gasteiger partial charge >= 0.3 is 6.03 Å². The first-order valence-corrected chi connectivity index (χ1v) is 11.1. The second-order valence-corrected chi connectivity index (χ2v) is 8.57. The van der Waals surface area contributed by atoms with Crippen molar-refractivity contribution in [3.63, 3.8) is 0 Å². The van der Waals surface area contributed by atoms with Crippen LogP contribution < -0.4 is 15.0 Å². The van der Waals surface area contributed by atoms with Gasteiger partial charge in [0.2, 0.25) is 0 Å². The third-order valence-corrected chi connectivity index (χ3v) is 6.26. The molecule has 0 atom stereocenters. The van der Waals surface area contributed by atoms with Crippen LogP contribution in [0.4, 0.5) is 10.5 Å². The lowest BCUT2D eigenvalue weighted by molar-refractivity contribution is -0.122. The number of nitrogens with zero attached hydrogens (tertiary/aromatic N) is 1. The van der Waals surface area contributed by atoms with Crippen LogP contribution in [0.3, 0.4) is 0 Å². The van der Waals surface area contributed by atoms with E-state index in [9.17, 15) is 14.4 Å². The van der Waals surface area contributed by atoms with E-state index in [-0.39, 0.29) is 17.9 Å². The molecular formula is C25H18BrClN2O4. The van der Waals surface area contributed by atoms with Gasteiger partial charge in [-0.3, -0.25) is 14.9 Å². The fourth-order valence-electron chi connectivity index (χ4n) is 3.27. The zero-order valence-electron chi connectivity index (χ0n) is 17.5. The highest BCUT2D eigenvalue weighted by Gasteiger charge is 2.37. The van der Waals surface area contributed by atoms with Gasteiger partial charge in [-0.25, -0.2) is 9.69 Å². The summed E-state index contributed by atoms with van der Waals surface area (Å²) in [6, 6.07) is 18.7. The van der Waals surface area contributed by atoms with Gasteiger partial charge in [-0.05, 0) is 42.8 Å². The minimum atomic E-state index is -0.833. The number of ether oxygens (including phenoxy) is 1. The van der Waals surface area contributed by atoms with E-state index in [0.29, 0.717) is 16.3 Å². The maximum absolute atomic E-state index is 13.2. The number of anilines is 1. The predicted molar refractivity (Wildman–Crippen MR) is 130 cm³/mol. The van der Waals surface area contributed by atoms with Gasteiger partial charge < -0.3 is 4.74 Å². The van der Waals surface area contributed by atoms with Crippen molar-refractivity contribution >= 4 is 57.1 Å². The van der Waals surface area contributed by atoms with E-state index in [1.807, 2.05) is 31.2 Å². The quantitative estimate of drug-likeness (QED) is 0.345. The molecule has 0 radical (unpaired) electrons. The molecule has 166 valence electrons. The number of amides is 4. The Morgan fingerprint density at radius 2 is 1.76 bits per heavy atom. The summed E-state index contributed by atoms with van der Waals surface area (Å²) in [6.45, 7) is 2.10. The number of nitrogens with one attached hydrogen (secondary N) is 1. The van der Waals surface area contributed by atoms with Crippen LogP contribution >= 0.6 is 27.5 Å². The monoisotopic (exact) mass is 524 g/mol. The van der Waals surface area contributed by atoms with Gasteiger partial charge in [0, 0.05) is 20.6 Å². The molecule has 0 saturated carbocycles. The molecule has 4 rings (SSSR count). The normalized spacial score (nSPS) is 15.1. The maximum Gasteiger partial charge on any atom is 0.335 e. The van der Waals surface area contributed by atoms with Crippen LogP contribution in [0, 0.1) is 6.92 Å². The third kappa shape index (κ3) is 4.84. The molecule has 6 nitrogen and oxygen atoms in total. The summed E-state index contributed by atoms with van der Waals surface area (Å²) < 4.78 is 6.87. The SMILES string of the molecule is Cc1ccc(N2C(=O)NC(=O)/C(=C\c3ccccc3OCc3ccccc3Br)C2=O)cc1Cl. The second kappa shape index (κ2) is 9.60. The summed E-state index contributed by atoms with van der Waals surface area (Å²) in [5.41, 5.74) is 2.35. The van der Waals surface area contributed by atoms with Crippen molar-refractivity contribution < 1.29 is 19.1 Å². The van der Waals surface area contributed by atoms with Crippen LogP contribution in [0.15, 0.2) is 76.8 Å². The van der Waals surface area contributed by atoms with E-state index in [4.69, 9.17) is 16.3 Å². The Morgan fingerprint density at radius 1 is 1.03 bits per heavy atom. The number of rotatable bonds is 5. The lowest BCUT2D eigenvalue weighted by atomic mass is 10.1. The van der Waals surface area contributed by atoms with Crippen LogP contribution in [0.1, 0.15) is 16.7 Å². The zero-order chi connectivity index (χ0) is 23.5. The number of para-hydroxylation sites is 1. The number of halogens is 2. The first-order chi connectivity index (χ1) is 15.8. The molecule has 1 heterocycles. The van der Waals surface area contributed by atoms with Gasteiger partial charge in [-0.15, -0.1) is 0 Å². The van der Waals surface area contributed by atoms with Gasteiger partial charge in [0.05, 0.1) is 5.69 Å². The molecule has 33 heavy (non-hydrogen) atoms. The Balaban J connectivity index is 1.66. The Kier molecular flexibility index (Phi) is 6.62. The number of hydrogen-bond donors (Lipinski definition) is 1. The van der Waals surface area contributed by atoms with Crippen molar-refractivity contribution in [3.8, 4) is 5.75 Å². The predicted octanol–water partition coefficient (Wildman–Crippen LogP) is 5.66. The molecule has 4 amide bonds. The topological polar surface area (TPSA) is 75.7 Å². The molecule has 8 heteroatoms. The molecule has 0 aromatic heterocycles. The molecule has 1 saturated heterocycles. The molecule has 0 aliphatic carbocycles. The molecule has 1 aliphatic rings. The fraction of sp³-hybridized carbons (Fsp3) is 0.0800. The summed E-state index contributed by atoms with van der Waals surface area (Å²) in [7, 11) is 0. The molecule has 0 spiro atoms. The summed E-state index contributed by atoms with van der Waals surface area (Å²) in [5.74, 6) is -1.03. The number of urea groups is 1. The standard InChI is InChI=1S/C25H18BrClN2O4/c1-15-10-11-18(13-21(15)27)29-24(31)19(23(30)28-25(29)32)12-16-6-3-5-9-22(16)33-14-17-7-2-4-8-20(17)26/h2-13H,14H2,1H3,(H,28,30,32)/b19-12+. The summed E-state index contributed by atoms with van der Waals surface area (Å²) >= 11 is 9.66. The Bertz CT molecular complexity index is 1310. The van der Waals surface area contributed by atoms with Crippen molar-refractivity contribution in [2.75, 3.05) is 4.90 Å². The molecule has 0 bridgehead atoms. The highest BCUT2D eigenvalue weighted by molar-refractivity contribution is 9.10. The van der Waals surface area contributed by atoms with Gasteiger partial charge in [-0.1, -0.05) is 70.0 Å². The first kappa shape index (κ1) is 22.8. The minimum absolute atomic E-state index is 0.191. The van der Waals surface area contributed by atoms with Gasteiger partial charge in [0.15, 0.2) is 0 Å². The number of benzene rings is 3. The largest absolute Gasteiger partial charge is 0.488 e. The summed E-state index contributed by atoms with van der Waals surface area (Å²) in [6.07, 6.45) is 1.42. The van der Waals surface area contributed by atoms with Gasteiger partial charge in [0.1, 0.15) is 17.9 Å². The maximum atomic E-state index is 13.2. The van der Waals surface area contributed by atoms with E-state index >= 15 is 0 Å². The fourth-order valence-corrected chi connectivity index (χ4v) is 3.84. The molecule has 3 aromatic rings. The van der Waals surface area contributed by atoms with Crippen molar-refractivity contribution in [3.05, 3.63) is 98.5 Å². The van der Waals surface area contributed by atoms with E-state index in [2.05, 4.69) is 21.2 Å². The number of carbonyl (C=O) groups is 3. The Morgan fingerprint density at radius 3 is 2.52 bits per heavy atom. The van der Waals surface area contributed by atoms with Crippen LogP contribution in [0.2, 0.25) is 5.02 Å². The van der Waals surface area contributed by atoms with Crippen molar-refractivity contribution in [2.24, 2.45) is 0 Å². The molecule has 3 aromatic carbocycles. The van der Waals surface area contributed by atoms with Crippen LogP contribution in [-0.2, 0) is 16.2 Å². The number of barbiturate groups is 1. The highest BCUT2D eigenvalue weighted by atomic mass is 79.9. The highest BCUT2D eigenvalue weighted by Crippen LogP contribution is 2.29. The lowest BCUT2D eigenvalue weighted by Gasteiger charge is -2.26. The molecular weight excluding hydrogens is 508 g/mol. The van der Waals surface area contributed by atoms with Crippen LogP contribution in [0.5, 0.6) is 5.75 Å². The summed E-state index contributed by atoms with van der Waals surface area (Å²) in [4.78, 5) is 39.0. The first-order valence-electron chi connectivity index (χ1n) is 9.98. The van der Waals surface area contributed by atoms with Crippen molar-refractivity contribution in [1.29, 1.82) is 0 Å². The van der Waals surface area contributed by atoms with Gasteiger partial charge in [0.25, 0.3) is 11.8 Å². The lowest BCUT2D eigenvalue weighted by Crippen LogP contribution is -2.54. The third-order valence-electron chi connectivity index (χ3n) is 5.08. The molecule has 0 unspecified atom stereocenters. The van der Waals surface area contributed by atoms with Gasteiger partial charge in [-0.2, -0.15) is 0 Å². The molecule has 1 N–H and O–H groups in total.